The van der Waals surface area contributed by atoms with E-state index in [1.807, 2.05) is 0 Å². The molecule has 0 spiro atoms. The van der Waals surface area contributed by atoms with E-state index < -0.39 is 44.1 Å². The topological polar surface area (TPSA) is 236 Å². The van der Waals surface area contributed by atoms with Crippen molar-refractivity contribution < 1.29 is 62.3 Å². The molecule has 0 saturated heterocycles. The number of nitrogens with one attached hydrogen (secondary N) is 3. The fraction of sp³-hybridized carbons (Fsp3) is 0.654. The molecule has 0 aromatic rings. The first-order valence-electron chi connectivity index (χ1n) is 13.8. The first kappa shape index (κ1) is 40.8. The molecule has 5 amide bonds. The van der Waals surface area contributed by atoms with Gasteiger partial charge in [-0.1, -0.05) is 6.08 Å². The van der Waals surface area contributed by atoms with Crippen LogP contribution >= 0.6 is 8.38 Å². The van der Waals surface area contributed by atoms with Gasteiger partial charge in [0, 0.05) is 38.5 Å². The zero-order valence-electron chi connectivity index (χ0n) is 24.7. The smallest absolute Gasteiger partial charge is 0.253 e. The van der Waals surface area contributed by atoms with Crippen molar-refractivity contribution in [3.05, 3.63) is 12.2 Å². The van der Waals surface area contributed by atoms with E-state index in [0.29, 0.717) is 30.7 Å². The van der Waals surface area contributed by atoms with Gasteiger partial charge in [0.05, 0.1) is 58.9 Å². The van der Waals surface area contributed by atoms with Crippen LogP contribution in [0.1, 0.15) is 26.2 Å². The first-order chi connectivity index (χ1) is 21.2. The Kier molecular flexibility index (Phi) is 25.4. The van der Waals surface area contributed by atoms with E-state index >= 15 is 0 Å². The summed E-state index contributed by atoms with van der Waals surface area (Å²) in [5.41, 5.74) is 0. The van der Waals surface area contributed by atoms with Crippen molar-refractivity contribution >= 4 is 51.0 Å². The summed E-state index contributed by atoms with van der Waals surface area (Å²) in [6.07, 6.45) is 3.34. The van der Waals surface area contributed by atoms with Crippen LogP contribution in [-0.4, -0.2) is 141 Å². The second-order valence-electron chi connectivity index (χ2n) is 8.72. The van der Waals surface area contributed by atoms with Crippen LogP contribution in [0.2, 0.25) is 0 Å². The number of aldehydes is 2. The van der Waals surface area contributed by atoms with Crippen LogP contribution in [0.25, 0.3) is 0 Å². The van der Waals surface area contributed by atoms with Crippen molar-refractivity contribution in [3.63, 3.8) is 0 Å². The summed E-state index contributed by atoms with van der Waals surface area (Å²) in [5.74, 6) is -2.43. The summed E-state index contributed by atoms with van der Waals surface area (Å²) in [7, 11) is -2.26. The summed E-state index contributed by atoms with van der Waals surface area (Å²) < 4.78 is 21.4. The van der Waals surface area contributed by atoms with Gasteiger partial charge in [-0.15, -0.1) is 0 Å². The molecule has 17 nitrogen and oxygen atoms in total. The quantitative estimate of drug-likeness (QED) is 0.0257. The number of nitrogens with zero attached hydrogens (tertiary/aromatic N) is 1. The van der Waals surface area contributed by atoms with Gasteiger partial charge < -0.3 is 54.3 Å². The van der Waals surface area contributed by atoms with Gasteiger partial charge in [-0.2, -0.15) is 0 Å². The summed E-state index contributed by atoms with van der Waals surface area (Å²) in [6, 6.07) is -2.17. The lowest BCUT2D eigenvalue weighted by molar-refractivity contribution is -0.143. The summed E-state index contributed by atoms with van der Waals surface area (Å²) in [4.78, 5) is 99.6. The van der Waals surface area contributed by atoms with Gasteiger partial charge in [0.1, 0.15) is 18.6 Å². The van der Waals surface area contributed by atoms with Crippen LogP contribution in [-0.2, 0) is 52.5 Å². The lowest BCUT2D eigenvalue weighted by Crippen LogP contribution is -2.54. The second-order valence-corrected chi connectivity index (χ2v) is 9.91. The average Bonchev–Trinajstić information content (AvgIpc) is 2.99. The largest absolute Gasteiger partial charge is 0.379 e. The molecule has 250 valence electrons. The predicted octanol–water partition coefficient (Wildman–Crippen LogP) is -2.44. The monoisotopic (exact) mass is 650 g/mol. The van der Waals surface area contributed by atoms with E-state index in [-0.39, 0.29) is 84.6 Å². The van der Waals surface area contributed by atoms with E-state index in [4.69, 9.17) is 28.7 Å². The Bertz CT molecular complexity index is 907. The van der Waals surface area contributed by atoms with E-state index in [9.17, 15) is 33.6 Å². The molecule has 0 aromatic heterocycles. The third kappa shape index (κ3) is 21.5. The molecule has 0 aliphatic heterocycles. The normalized spacial score (nSPS) is 12.4. The van der Waals surface area contributed by atoms with Gasteiger partial charge in [0.2, 0.25) is 24.1 Å². The van der Waals surface area contributed by atoms with Crippen molar-refractivity contribution in [2.24, 2.45) is 0 Å². The molecular formula is C26H43N4O13P. The molecule has 0 aliphatic rings. The van der Waals surface area contributed by atoms with Gasteiger partial charge in [-0.3, -0.25) is 28.9 Å². The van der Waals surface area contributed by atoms with E-state index in [2.05, 4.69) is 16.0 Å². The standard InChI is InChI=1S/C26H43N4O13P/c1-2-3-25(36)30(20-33)22(18-28-23(34)6-17-44(38)39)26(37)27-7-10-41-12-14-43-16-15-42-13-11-40-9-5-24(35)29-21(19-32)4-8-31/h2-3,8,19-22,38-39H,4-7,9-18H2,1H3,(H,27,37)(H,28,34)(H,29,35)/b3-2-/t21?,22-/m0/s1. The van der Waals surface area contributed by atoms with Crippen molar-refractivity contribution in [2.45, 2.75) is 38.3 Å². The maximum Gasteiger partial charge on any atom is 0.253 e. The maximum absolute atomic E-state index is 12.7. The highest BCUT2D eigenvalue weighted by Gasteiger charge is 2.29. The number of amides is 5. The Morgan fingerprint density at radius 1 is 0.818 bits per heavy atom. The highest BCUT2D eigenvalue weighted by molar-refractivity contribution is 7.45. The number of imide groups is 1. The lowest BCUT2D eigenvalue weighted by Gasteiger charge is -2.25. The number of hydrogen-bond acceptors (Lipinski definition) is 13. The van der Waals surface area contributed by atoms with Crippen molar-refractivity contribution in [1.82, 2.24) is 20.9 Å². The summed E-state index contributed by atoms with van der Waals surface area (Å²) in [5, 5.41) is 7.36. The number of ether oxygens (including phenoxy) is 4. The fourth-order valence-corrected chi connectivity index (χ4v) is 3.55. The Labute approximate surface area is 256 Å². The zero-order valence-corrected chi connectivity index (χ0v) is 25.6. The van der Waals surface area contributed by atoms with Gasteiger partial charge in [-0.05, 0) is 13.0 Å². The molecule has 0 radical (unpaired) electrons. The minimum atomic E-state index is -2.26. The molecule has 44 heavy (non-hydrogen) atoms. The van der Waals surface area contributed by atoms with E-state index in [1.54, 1.807) is 6.92 Å². The number of allylic oxidation sites excluding steroid dienone is 1. The molecule has 18 heteroatoms. The summed E-state index contributed by atoms with van der Waals surface area (Å²) >= 11 is 0. The number of hydrogen-bond donors (Lipinski definition) is 5. The van der Waals surface area contributed by atoms with Gasteiger partial charge >= 0.3 is 0 Å². The number of carbonyl (C=O) groups is 7. The van der Waals surface area contributed by atoms with Crippen LogP contribution in [0.15, 0.2) is 12.2 Å². The Morgan fingerprint density at radius 3 is 1.93 bits per heavy atom. The molecular weight excluding hydrogens is 607 g/mol. The molecule has 0 rings (SSSR count). The Hall–Kier alpha value is -3.18. The van der Waals surface area contributed by atoms with Gasteiger partial charge in [0.15, 0.2) is 8.38 Å². The highest BCUT2D eigenvalue weighted by Crippen LogP contribution is 2.23. The van der Waals surface area contributed by atoms with Crippen molar-refractivity contribution in [3.8, 4) is 0 Å². The van der Waals surface area contributed by atoms with Crippen LogP contribution in [0.4, 0.5) is 0 Å². The first-order valence-corrected chi connectivity index (χ1v) is 15.2. The third-order valence-electron chi connectivity index (χ3n) is 5.34. The summed E-state index contributed by atoms with van der Waals surface area (Å²) in [6.45, 7) is 3.08. The predicted molar refractivity (Wildman–Crippen MR) is 155 cm³/mol. The average molecular weight is 651 g/mol. The second kappa shape index (κ2) is 27.4. The number of carbonyl (C=O) groups excluding carboxylic acids is 7. The SMILES string of the molecule is C/C=C\C(=O)N(C=O)[C@@H](CNC(=O)CCP(O)O)C(=O)NCCOCCOCCOCCOCCC(=O)NC(C=O)CC=O. The Morgan fingerprint density at radius 2 is 1.41 bits per heavy atom. The molecule has 5 N–H and O–H groups in total. The molecule has 0 heterocycles. The van der Waals surface area contributed by atoms with Crippen LogP contribution in [0.3, 0.4) is 0 Å². The maximum atomic E-state index is 12.7. The lowest BCUT2D eigenvalue weighted by atomic mass is 10.2. The molecule has 0 bridgehead atoms. The number of rotatable bonds is 28. The van der Waals surface area contributed by atoms with Crippen LogP contribution < -0.4 is 16.0 Å². The van der Waals surface area contributed by atoms with Crippen molar-refractivity contribution in [2.75, 3.05) is 72.1 Å². The zero-order chi connectivity index (χ0) is 33.0. The Balaban J connectivity index is 4.09. The highest BCUT2D eigenvalue weighted by atomic mass is 31.2. The molecule has 0 saturated carbocycles. The van der Waals surface area contributed by atoms with Crippen LogP contribution in [0, 0.1) is 0 Å². The molecule has 0 aromatic carbocycles. The molecule has 2 atom stereocenters. The molecule has 0 aliphatic carbocycles. The van der Waals surface area contributed by atoms with Gasteiger partial charge in [0.25, 0.3) is 5.91 Å². The van der Waals surface area contributed by atoms with Crippen LogP contribution in [0.5, 0.6) is 0 Å². The fourth-order valence-electron chi connectivity index (χ4n) is 3.15. The molecule has 0 fully saturated rings. The van der Waals surface area contributed by atoms with Crippen molar-refractivity contribution in [1.29, 1.82) is 0 Å². The minimum absolute atomic E-state index is 0.0429. The van der Waals surface area contributed by atoms with E-state index in [1.165, 1.54) is 6.08 Å². The third-order valence-corrected chi connectivity index (χ3v) is 5.97. The molecule has 1 unspecified atom stereocenters. The minimum Gasteiger partial charge on any atom is -0.379 e. The van der Waals surface area contributed by atoms with E-state index in [0.717, 1.165) is 6.08 Å². The van der Waals surface area contributed by atoms with Gasteiger partial charge in [-0.25, -0.2) is 0 Å².